The lowest BCUT2D eigenvalue weighted by Crippen LogP contribution is -2.56. The second-order valence-electron chi connectivity index (χ2n) is 4.94. The maximum Gasteiger partial charge on any atom is 0.272 e. The van der Waals surface area contributed by atoms with Gasteiger partial charge in [0.1, 0.15) is 0 Å². The van der Waals surface area contributed by atoms with Crippen LogP contribution >= 0.6 is 0 Å². The number of carbonyl (C=O) groups is 1. The van der Waals surface area contributed by atoms with E-state index in [1.807, 2.05) is 0 Å². The fourth-order valence-corrected chi connectivity index (χ4v) is 2.22. The molecule has 1 rings (SSSR count). The normalized spacial score (nSPS) is 21.1. The van der Waals surface area contributed by atoms with Crippen molar-refractivity contribution < 1.29 is 9.28 Å². The van der Waals surface area contributed by atoms with Crippen molar-refractivity contribution >= 4 is 5.91 Å². The van der Waals surface area contributed by atoms with Gasteiger partial charge in [0.15, 0.2) is 6.54 Å². The number of likely N-dealkylation sites (tertiary alicyclic amines) is 1. The number of amides is 1. The van der Waals surface area contributed by atoms with E-state index in [4.69, 9.17) is 5.73 Å². The van der Waals surface area contributed by atoms with Crippen molar-refractivity contribution in [3.05, 3.63) is 0 Å². The van der Waals surface area contributed by atoms with E-state index in [9.17, 15) is 4.79 Å². The first-order chi connectivity index (χ1) is 6.42. The minimum Gasteiger partial charge on any atom is -0.365 e. The predicted molar refractivity (Wildman–Crippen MR) is 56.7 cm³/mol. The highest BCUT2D eigenvalue weighted by Crippen LogP contribution is 2.18. The van der Waals surface area contributed by atoms with Crippen molar-refractivity contribution in [2.75, 3.05) is 40.8 Å². The third-order valence-corrected chi connectivity index (χ3v) is 3.24. The maximum absolute atomic E-state index is 10.9. The van der Waals surface area contributed by atoms with Gasteiger partial charge >= 0.3 is 0 Å². The van der Waals surface area contributed by atoms with Gasteiger partial charge < -0.3 is 15.1 Å². The average Bonchev–Trinajstić information content (AvgIpc) is 2.02. The van der Waals surface area contributed by atoms with Crippen LogP contribution in [0.25, 0.3) is 0 Å². The Morgan fingerprint density at radius 2 is 1.93 bits per heavy atom. The van der Waals surface area contributed by atoms with Crippen LogP contribution in [-0.2, 0) is 4.79 Å². The highest BCUT2D eigenvalue weighted by atomic mass is 16.1. The summed E-state index contributed by atoms with van der Waals surface area (Å²) in [6, 6.07) is 0.582. The van der Waals surface area contributed by atoms with E-state index in [0.29, 0.717) is 12.6 Å². The molecule has 82 valence electrons. The number of rotatable bonds is 3. The van der Waals surface area contributed by atoms with E-state index in [2.05, 4.69) is 26.0 Å². The number of likely N-dealkylation sites (N-methyl/N-ethyl adjacent to an activating group) is 1. The SMILES string of the molecule is CN1CCC([N+](C)(C)CC(N)=O)CC1. The Bertz CT molecular complexity index is 207. The quantitative estimate of drug-likeness (QED) is 0.633. The van der Waals surface area contributed by atoms with E-state index in [-0.39, 0.29) is 5.91 Å². The second-order valence-corrected chi connectivity index (χ2v) is 4.94. The van der Waals surface area contributed by atoms with Gasteiger partial charge in [0.05, 0.1) is 20.1 Å². The van der Waals surface area contributed by atoms with Gasteiger partial charge in [0.2, 0.25) is 0 Å². The van der Waals surface area contributed by atoms with E-state index in [0.717, 1.165) is 30.4 Å². The number of nitrogens with zero attached hydrogens (tertiary/aromatic N) is 2. The second kappa shape index (κ2) is 4.28. The number of piperidine rings is 1. The topological polar surface area (TPSA) is 46.3 Å². The van der Waals surface area contributed by atoms with Gasteiger partial charge in [0.25, 0.3) is 5.91 Å². The summed E-state index contributed by atoms with van der Waals surface area (Å²) in [6.45, 7) is 2.71. The Hall–Kier alpha value is -0.610. The minimum atomic E-state index is -0.200. The summed E-state index contributed by atoms with van der Waals surface area (Å²) in [5.41, 5.74) is 5.25. The van der Waals surface area contributed by atoms with Crippen LogP contribution in [0.1, 0.15) is 12.8 Å². The molecule has 0 saturated carbocycles. The van der Waals surface area contributed by atoms with Crippen molar-refractivity contribution in [2.45, 2.75) is 18.9 Å². The molecule has 2 N–H and O–H groups in total. The third kappa shape index (κ3) is 2.96. The number of primary amides is 1. The molecule has 0 unspecified atom stereocenters. The zero-order chi connectivity index (χ0) is 10.8. The number of carbonyl (C=O) groups excluding carboxylic acids is 1. The van der Waals surface area contributed by atoms with Crippen molar-refractivity contribution in [1.29, 1.82) is 0 Å². The molecular weight excluding hydrogens is 178 g/mol. The van der Waals surface area contributed by atoms with Crippen molar-refractivity contribution in [3.63, 3.8) is 0 Å². The van der Waals surface area contributed by atoms with Crippen LogP contribution in [0.2, 0.25) is 0 Å². The molecule has 1 aliphatic rings. The molecule has 0 aromatic rings. The molecule has 0 radical (unpaired) electrons. The van der Waals surface area contributed by atoms with E-state index >= 15 is 0 Å². The number of hydrogen-bond donors (Lipinski definition) is 1. The van der Waals surface area contributed by atoms with Gasteiger partial charge in [-0.05, 0) is 7.05 Å². The Morgan fingerprint density at radius 3 is 2.36 bits per heavy atom. The fraction of sp³-hybridized carbons (Fsp3) is 0.900. The molecule has 1 saturated heterocycles. The highest BCUT2D eigenvalue weighted by Gasteiger charge is 2.32. The highest BCUT2D eigenvalue weighted by molar-refractivity contribution is 5.74. The molecule has 4 nitrogen and oxygen atoms in total. The summed E-state index contributed by atoms with van der Waals surface area (Å²) in [5.74, 6) is -0.200. The van der Waals surface area contributed by atoms with Crippen molar-refractivity contribution in [2.24, 2.45) is 5.73 Å². The Balaban J connectivity index is 2.50. The van der Waals surface area contributed by atoms with Crippen LogP contribution in [0.3, 0.4) is 0 Å². The minimum absolute atomic E-state index is 0.200. The molecule has 0 bridgehead atoms. The molecule has 0 aromatic heterocycles. The average molecular weight is 200 g/mol. The van der Waals surface area contributed by atoms with Crippen LogP contribution < -0.4 is 5.73 Å². The molecule has 0 aromatic carbocycles. The third-order valence-electron chi connectivity index (χ3n) is 3.24. The molecular formula is C10H22N3O+. The van der Waals surface area contributed by atoms with Gasteiger partial charge in [-0.3, -0.25) is 4.79 Å². The van der Waals surface area contributed by atoms with Crippen molar-refractivity contribution in [1.82, 2.24) is 4.90 Å². The molecule has 1 aliphatic heterocycles. The van der Waals surface area contributed by atoms with Gasteiger partial charge in [-0.25, -0.2) is 0 Å². The number of nitrogens with two attached hydrogens (primary N) is 1. The maximum atomic E-state index is 10.9. The first kappa shape index (κ1) is 11.5. The van der Waals surface area contributed by atoms with Crippen molar-refractivity contribution in [3.8, 4) is 0 Å². The summed E-state index contributed by atoms with van der Waals surface area (Å²) in [7, 11) is 6.34. The van der Waals surface area contributed by atoms with Crippen LogP contribution in [0.4, 0.5) is 0 Å². The summed E-state index contributed by atoms with van der Waals surface area (Å²) >= 11 is 0. The van der Waals surface area contributed by atoms with Gasteiger partial charge in [-0.1, -0.05) is 0 Å². The molecule has 0 atom stereocenters. The molecule has 14 heavy (non-hydrogen) atoms. The summed E-state index contributed by atoms with van der Waals surface area (Å²) < 4.78 is 0.739. The van der Waals surface area contributed by atoms with E-state index in [1.54, 1.807) is 0 Å². The molecule has 1 amide bonds. The lowest BCUT2D eigenvalue weighted by Gasteiger charge is -2.41. The zero-order valence-electron chi connectivity index (χ0n) is 9.49. The number of quaternary nitrogens is 1. The zero-order valence-corrected chi connectivity index (χ0v) is 9.49. The Morgan fingerprint density at radius 1 is 1.43 bits per heavy atom. The van der Waals surface area contributed by atoms with Crippen LogP contribution in [0.15, 0.2) is 0 Å². The van der Waals surface area contributed by atoms with E-state index < -0.39 is 0 Å². The van der Waals surface area contributed by atoms with E-state index in [1.165, 1.54) is 0 Å². The van der Waals surface area contributed by atoms with Crippen LogP contribution in [-0.4, -0.2) is 62.1 Å². The number of hydrogen-bond acceptors (Lipinski definition) is 2. The molecule has 0 aliphatic carbocycles. The van der Waals surface area contributed by atoms with Crippen LogP contribution in [0, 0.1) is 0 Å². The largest absolute Gasteiger partial charge is 0.365 e. The molecule has 1 heterocycles. The fourth-order valence-electron chi connectivity index (χ4n) is 2.22. The van der Waals surface area contributed by atoms with Gasteiger partial charge in [0, 0.05) is 25.9 Å². The Labute approximate surface area is 86.2 Å². The first-order valence-electron chi connectivity index (χ1n) is 5.21. The van der Waals surface area contributed by atoms with Crippen LogP contribution in [0.5, 0.6) is 0 Å². The molecule has 4 heteroatoms. The first-order valence-corrected chi connectivity index (χ1v) is 5.21. The lowest BCUT2D eigenvalue weighted by atomic mass is 10.0. The molecule has 0 spiro atoms. The predicted octanol–water partition coefficient (Wildman–Crippen LogP) is -0.358. The summed E-state index contributed by atoms with van der Waals surface area (Å²) in [6.07, 6.45) is 2.33. The molecule has 1 fully saturated rings. The summed E-state index contributed by atoms with van der Waals surface area (Å²) in [5, 5.41) is 0. The lowest BCUT2D eigenvalue weighted by molar-refractivity contribution is -0.908. The Kier molecular flexibility index (Phi) is 3.50. The van der Waals surface area contributed by atoms with Gasteiger partial charge in [-0.15, -0.1) is 0 Å². The summed E-state index contributed by atoms with van der Waals surface area (Å²) in [4.78, 5) is 13.3. The van der Waals surface area contributed by atoms with Gasteiger partial charge in [-0.2, -0.15) is 0 Å². The smallest absolute Gasteiger partial charge is 0.272 e. The monoisotopic (exact) mass is 200 g/mol. The standard InChI is InChI=1S/C10H21N3O/c1-12-6-4-9(5-7-12)13(2,3)8-10(11)14/h9H,4-8H2,1-3H3,(H-,11,14)/p+1.